The number of aryl methyl sites for hydroxylation is 4. The predicted octanol–water partition coefficient (Wildman–Crippen LogP) is 7.49. The molecule has 0 saturated heterocycles. The summed E-state index contributed by atoms with van der Waals surface area (Å²) in [6.45, 7) is 9.37. The van der Waals surface area contributed by atoms with Crippen LogP contribution in [0, 0.1) is 27.7 Å². The first kappa shape index (κ1) is 33.3. The molecular formula is C38H34N12S2. The fraction of sp³-hybridized carbons (Fsp3) is 0.158. The van der Waals surface area contributed by atoms with Gasteiger partial charge in [0.05, 0.1) is 48.0 Å². The molecule has 0 spiro atoms. The molecule has 0 saturated carbocycles. The highest BCUT2D eigenvalue weighted by atomic mass is 33.1. The van der Waals surface area contributed by atoms with Gasteiger partial charge in [-0.15, -0.1) is 20.4 Å². The van der Waals surface area contributed by atoms with E-state index >= 15 is 0 Å². The van der Waals surface area contributed by atoms with E-state index in [1.54, 1.807) is 31.2 Å². The Kier molecular flexibility index (Phi) is 9.22. The van der Waals surface area contributed by atoms with Crippen molar-refractivity contribution in [2.45, 2.75) is 50.8 Å². The first-order valence-corrected chi connectivity index (χ1v) is 18.8. The number of tetrazole rings is 2. The van der Waals surface area contributed by atoms with Crippen molar-refractivity contribution < 1.29 is 0 Å². The summed E-state index contributed by atoms with van der Waals surface area (Å²) >= 11 is 0. The minimum atomic E-state index is 0.489. The highest BCUT2D eigenvalue weighted by molar-refractivity contribution is 8.76. The van der Waals surface area contributed by atoms with Crippen LogP contribution < -0.4 is 0 Å². The molecule has 52 heavy (non-hydrogen) atoms. The van der Waals surface area contributed by atoms with Gasteiger partial charge in [0, 0.05) is 0 Å². The Morgan fingerprint density at radius 2 is 0.885 bits per heavy atom. The van der Waals surface area contributed by atoms with Gasteiger partial charge in [-0.05, 0) is 117 Å². The molecule has 4 heterocycles. The van der Waals surface area contributed by atoms with E-state index < -0.39 is 0 Å². The van der Waals surface area contributed by atoms with E-state index in [0.29, 0.717) is 24.7 Å². The molecule has 14 heteroatoms. The molecule has 0 aliphatic rings. The lowest BCUT2D eigenvalue weighted by Gasteiger charge is -2.12. The topological polar surface area (TPSA) is 123 Å². The Balaban J connectivity index is 1.19. The van der Waals surface area contributed by atoms with Crippen molar-refractivity contribution in [1.82, 2.24) is 60.0 Å². The number of benzene rings is 4. The zero-order valence-electron chi connectivity index (χ0n) is 29.0. The average molecular weight is 723 g/mol. The maximum atomic E-state index is 4.87. The highest BCUT2D eigenvalue weighted by Gasteiger charge is 2.24. The summed E-state index contributed by atoms with van der Waals surface area (Å²) in [7, 11) is 3.09. The largest absolute Gasteiger partial charge is 0.226 e. The lowest BCUT2D eigenvalue weighted by atomic mass is 10.1. The molecular weight excluding hydrogens is 689 g/mol. The smallest absolute Gasteiger partial charge is 0.209 e. The van der Waals surface area contributed by atoms with Crippen LogP contribution >= 0.6 is 21.6 Å². The third kappa shape index (κ3) is 7.16. The third-order valence-corrected chi connectivity index (χ3v) is 10.7. The van der Waals surface area contributed by atoms with E-state index in [1.807, 2.05) is 82.4 Å². The Labute approximate surface area is 308 Å². The second kappa shape index (κ2) is 14.4. The van der Waals surface area contributed by atoms with Gasteiger partial charge in [-0.25, -0.2) is 9.36 Å². The van der Waals surface area contributed by atoms with E-state index in [0.717, 1.165) is 65.9 Å². The van der Waals surface area contributed by atoms with Crippen molar-refractivity contribution >= 4 is 21.6 Å². The van der Waals surface area contributed by atoms with Crippen molar-refractivity contribution in [3.8, 4) is 34.2 Å². The van der Waals surface area contributed by atoms with Crippen LogP contribution in [0.25, 0.3) is 34.2 Å². The first-order valence-electron chi connectivity index (χ1n) is 16.7. The SMILES string of the molecule is Cc1cc(C)cc(-n2ncc(-c3nnn(Cc4ccccc4)n3)c2SSc2c(-c3nnn(Cc4ccccc4)n3)cnn2-c2cc(C)cc(C)c2)c1. The number of nitrogens with zero attached hydrogens (tertiary/aromatic N) is 12. The van der Waals surface area contributed by atoms with Crippen LogP contribution in [0.15, 0.2) is 120 Å². The van der Waals surface area contributed by atoms with E-state index in [-0.39, 0.29) is 0 Å². The quantitative estimate of drug-likeness (QED) is 0.124. The molecule has 4 aromatic carbocycles. The molecule has 0 aliphatic carbocycles. The molecule has 0 amide bonds. The second-order valence-corrected chi connectivity index (χ2v) is 14.8. The van der Waals surface area contributed by atoms with E-state index in [1.165, 1.54) is 0 Å². The summed E-state index contributed by atoms with van der Waals surface area (Å²) in [4.78, 5) is 3.22. The van der Waals surface area contributed by atoms with Crippen LogP contribution in [0.2, 0.25) is 0 Å². The summed E-state index contributed by atoms with van der Waals surface area (Å²) in [6.07, 6.45) is 3.62. The molecule has 0 atom stereocenters. The van der Waals surface area contributed by atoms with Gasteiger partial charge in [0.15, 0.2) is 0 Å². The van der Waals surface area contributed by atoms with Crippen LogP contribution in [0.3, 0.4) is 0 Å². The highest BCUT2D eigenvalue weighted by Crippen LogP contribution is 2.46. The molecule has 0 radical (unpaired) electrons. The molecule has 258 valence electrons. The van der Waals surface area contributed by atoms with Crippen LogP contribution in [0.1, 0.15) is 33.4 Å². The Hall–Kier alpha value is -5.86. The van der Waals surface area contributed by atoms with Crippen molar-refractivity contribution in [1.29, 1.82) is 0 Å². The van der Waals surface area contributed by atoms with E-state index in [9.17, 15) is 0 Å². The summed E-state index contributed by atoms with van der Waals surface area (Å²) < 4.78 is 3.88. The van der Waals surface area contributed by atoms with Gasteiger partial charge >= 0.3 is 0 Å². The van der Waals surface area contributed by atoms with Gasteiger partial charge in [0.25, 0.3) is 0 Å². The Bertz CT molecular complexity index is 2270. The lowest BCUT2D eigenvalue weighted by Crippen LogP contribution is -2.04. The third-order valence-electron chi connectivity index (χ3n) is 8.27. The van der Waals surface area contributed by atoms with Crippen LogP contribution in [0.4, 0.5) is 0 Å². The molecule has 0 N–H and O–H groups in total. The van der Waals surface area contributed by atoms with Gasteiger partial charge in [-0.3, -0.25) is 0 Å². The minimum Gasteiger partial charge on any atom is -0.226 e. The zero-order chi connectivity index (χ0) is 35.6. The average Bonchev–Trinajstić information content (AvgIpc) is 3.94. The fourth-order valence-corrected chi connectivity index (χ4v) is 8.57. The summed E-state index contributed by atoms with van der Waals surface area (Å²) in [5.74, 6) is 0.978. The summed E-state index contributed by atoms with van der Waals surface area (Å²) in [6, 6.07) is 33.0. The Morgan fingerprint density at radius 1 is 0.500 bits per heavy atom. The van der Waals surface area contributed by atoms with Gasteiger partial charge < -0.3 is 0 Å². The molecule has 12 nitrogen and oxygen atoms in total. The van der Waals surface area contributed by atoms with Crippen LogP contribution in [-0.2, 0) is 13.1 Å². The molecule has 8 rings (SSSR count). The molecule has 4 aromatic heterocycles. The van der Waals surface area contributed by atoms with Gasteiger partial charge in [-0.2, -0.15) is 19.8 Å². The van der Waals surface area contributed by atoms with Crippen molar-refractivity contribution in [2.24, 2.45) is 0 Å². The monoisotopic (exact) mass is 722 g/mol. The molecule has 0 bridgehead atoms. The van der Waals surface area contributed by atoms with Crippen LogP contribution in [-0.4, -0.2) is 60.0 Å². The van der Waals surface area contributed by atoms with Gasteiger partial charge in [0.1, 0.15) is 10.1 Å². The fourth-order valence-electron chi connectivity index (χ4n) is 6.06. The molecule has 0 unspecified atom stereocenters. The summed E-state index contributed by atoms with van der Waals surface area (Å²) in [5, 5.41) is 38.7. The van der Waals surface area contributed by atoms with Crippen molar-refractivity contribution in [2.75, 3.05) is 0 Å². The Morgan fingerprint density at radius 3 is 1.27 bits per heavy atom. The normalized spacial score (nSPS) is 11.4. The zero-order valence-corrected chi connectivity index (χ0v) is 30.6. The second-order valence-electron chi connectivity index (χ2n) is 12.7. The number of rotatable bonds is 11. The van der Waals surface area contributed by atoms with Gasteiger partial charge in [0.2, 0.25) is 11.6 Å². The predicted molar refractivity (Wildman–Crippen MR) is 202 cm³/mol. The van der Waals surface area contributed by atoms with Crippen molar-refractivity contribution in [3.05, 3.63) is 143 Å². The van der Waals surface area contributed by atoms with E-state index in [2.05, 4.69) is 84.7 Å². The first-order chi connectivity index (χ1) is 25.4. The number of hydrogen-bond donors (Lipinski definition) is 0. The van der Waals surface area contributed by atoms with E-state index in [4.69, 9.17) is 20.4 Å². The molecule has 0 aliphatic heterocycles. The molecule has 0 fully saturated rings. The standard InChI is InChI=1S/C38H34N12S2/c1-25-15-26(2)18-31(17-25)49-37(33(21-39-49)35-41-45-47(43-35)23-29-11-7-5-8-12-29)51-52-38-34(22-40-50(38)32-19-27(3)16-28(4)20-32)36-42-46-48(44-36)24-30-13-9-6-10-14-30/h5-22H,23-24H2,1-4H3. The maximum Gasteiger partial charge on any atom is 0.209 e. The lowest BCUT2D eigenvalue weighted by molar-refractivity contribution is 0.573. The molecule has 8 aromatic rings. The minimum absolute atomic E-state index is 0.489. The van der Waals surface area contributed by atoms with Gasteiger partial charge in [-0.1, -0.05) is 72.8 Å². The summed E-state index contributed by atoms with van der Waals surface area (Å²) in [5.41, 5.74) is 10.2. The van der Waals surface area contributed by atoms with Crippen LogP contribution in [0.5, 0.6) is 0 Å². The number of aromatic nitrogens is 12. The maximum absolute atomic E-state index is 4.87. The van der Waals surface area contributed by atoms with Crippen molar-refractivity contribution in [3.63, 3.8) is 0 Å². The number of hydrogen-bond acceptors (Lipinski definition) is 10.